The first kappa shape index (κ1) is 25.0. The summed E-state index contributed by atoms with van der Waals surface area (Å²) in [6.45, 7) is 0.402. The van der Waals surface area contributed by atoms with Gasteiger partial charge in [0.05, 0.1) is 30.2 Å². The Morgan fingerprint density at radius 1 is 0.818 bits per heavy atom. The van der Waals surface area contributed by atoms with Gasteiger partial charge in [-0.05, 0) is 43.9 Å². The fourth-order valence-corrected chi connectivity index (χ4v) is 5.81. The van der Waals surface area contributed by atoms with Crippen LogP contribution in [-0.4, -0.2) is 70.1 Å². The second kappa shape index (κ2) is 11.0. The minimum absolute atomic E-state index is 0.0603. The topological polar surface area (TPSA) is 131 Å². The zero-order valence-electron chi connectivity index (χ0n) is 19.0. The van der Waals surface area contributed by atoms with E-state index in [1.165, 1.54) is 43.1 Å². The first-order chi connectivity index (χ1) is 15.7. The van der Waals surface area contributed by atoms with E-state index in [4.69, 9.17) is 0 Å². The van der Waals surface area contributed by atoms with Crippen LogP contribution in [0.15, 0.2) is 23.1 Å². The number of ether oxygens (including phenoxy) is 2. The number of esters is 2. The van der Waals surface area contributed by atoms with Gasteiger partial charge in [0, 0.05) is 25.2 Å². The monoisotopic (exact) mass is 481 g/mol. The molecule has 1 saturated carbocycles. The maximum absolute atomic E-state index is 13.2. The smallest absolute Gasteiger partial charge is 0.337 e. The lowest BCUT2D eigenvalue weighted by Gasteiger charge is -2.32. The summed E-state index contributed by atoms with van der Waals surface area (Å²) in [4.78, 5) is 36.1. The fourth-order valence-electron chi connectivity index (χ4n) is 4.27. The summed E-state index contributed by atoms with van der Waals surface area (Å²) in [5.41, 5.74) is -0.121. The number of carbonyl (C=O) groups is 3. The third kappa shape index (κ3) is 6.23. The molecule has 0 spiro atoms. The van der Waals surface area contributed by atoms with Crippen LogP contribution in [0.5, 0.6) is 0 Å². The predicted octanol–water partition coefficient (Wildman–Crippen LogP) is 2.04. The second-order valence-electron chi connectivity index (χ2n) is 8.36. The Balaban J connectivity index is 1.66. The molecule has 3 rings (SSSR count). The highest BCUT2D eigenvalue weighted by Gasteiger charge is 2.31. The van der Waals surface area contributed by atoms with Gasteiger partial charge in [-0.2, -0.15) is 4.31 Å². The van der Waals surface area contributed by atoms with E-state index < -0.39 is 22.0 Å². The quantitative estimate of drug-likeness (QED) is 0.595. The van der Waals surface area contributed by atoms with Gasteiger partial charge in [-0.1, -0.05) is 19.3 Å². The van der Waals surface area contributed by atoms with E-state index in [0.29, 0.717) is 12.8 Å². The third-order valence-electron chi connectivity index (χ3n) is 6.12. The molecule has 2 fully saturated rings. The largest absolute Gasteiger partial charge is 0.465 e. The Bertz CT molecular complexity index is 947. The van der Waals surface area contributed by atoms with Gasteiger partial charge >= 0.3 is 18.0 Å². The van der Waals surface area contributed by atoms with Crippen molar-refractivity contribution in [1.29, 1.82) is 0 Å². The number of hydrogen-bond donors (Lipinski definition) is 2. The van der Waals surface area contributed by atoms with Crippen LogP contribution in [0.25, 0.3) is 0 Å². The summed E-state index contributed by atoms with van der Waals surface area (Å²) in [5, 5.41) is 5.96. The van der Waals surface area contributed by atoms with Gasteiger partial charge in [0.15, 0.2) is 0 Å². The molecule has 0 aromatic heterocycles. The summed E-state index contributed by atoms with van der Waals surface area (Å²) < 4.78 is 37.1. The number of nitrogens with zero attached hydrogens (tertiary/aromatic N) is 1. The van der Waals surface area contributed by atoms with Gasteiger partial charge in [-0.3, -0.25) is 0 Å². The summed E-state index contributed by atoms with van der Waals surface area (Å²) in [6, 6.07) is 3.47. The summed E-state index contributed by atoms with van der Waals surface area (Å²) in [6.07, 6.45) is 6.34. The van der Waals surface area contributed by atoms with E-state index in [0.717, 1.165) is 25.7 Å². The molecule has 0 atom stereocenters. The number of carbonyl (C=O) groups excluding carboxylic acids is 3. The Labute approximate surface area is 194 Å². The highest BCUT2D eigenvalue weighted by atomic mass is 32.2. The highest BCUT2D eigenvalue weighted by molar-refractivity contribution is 7.89. The van der Waals surface area contributed by atoms with Crippen LogP contribution in [-0.2, 0) is 19.5 Å². The number of hydrogen-bond acceptors (Lipinski definition) is 7. The molecule has 1 saturated heterocycles. The van der Waals surface area contributed by atoms with Crippen molar-refractivity contribution in [3.63, 3.8) is 0 Å². The average molecular weight is 482 g/mol. The molecule has 182 valence electrons. The molecule has 1 aliphatic carbocycles. The lowest BCUT2D eigenvalue weighted by Crippen LogP contribution is -2.51. The molecule has 1 aromatic carbocycles. The third-order valence-corrected chi connectivity index (χ3v) is 7.99. The molecule has 0 radical (unpaired) electrons. The zero-order valence-corrected chi connectivity index (χ0v) is 19.8. The average Bonchev–Trinajstić information content (AvgIpc) is 2.83. The second-order valence-corrected chi connectivity index (χ2v) is 10.3. The number of methoxy groups -OCH3 is 2. The number of benzene rings is 1. The van der Waals surface area contributed by atoms with Crippen molar-refractivity contribution in [1.82, 2.24) is 14.9 Å². The van der Waals surface area contributed by atoms with Gasteiger partial charge in [-0.15, -0.1) is 0 Å². The van der Waals surface area contributed by atoms with E-state index in [9.17, 15) is 22.8 Å². The number of rotatable bonds is 6. The summed E-state index contributed by atoms with van der Waals surface area (Å²) >= 11 is 0. The fraction of sp³-hybridized carbons (Fsp3) is 0.591. The van der Waals surface area contributed by atoms with Crippen molar-refractivity contribution in [2.45, 2.75) is 61.9 Å². The summed E-state index contributed by atoms with van der Waals surface area (Å²) in [7, 11) is -1.64. The van der Waals surface area contributed by atoms with Crippen molar-refractivity contribution in [2.75, 3.05) is 27.3 Å². The van der Waals surface area contributed by atoms with Crippen molar-refractivity contribution in [2.24, 2.45) is 0 Å². The van der Waals surface area contributed by atoms with Crippen molar-refractivity contribution in [3.8, 4) is 0 Å². The van der Waals surface area contributed by atoms with E-state index in [-0.39, 0.29) is 47.2 Å². The van der Waals surface area contributed by atoms with E-state index in [2.05, 4.69) is 20.1 Å². The van der Waals surface area contributed by atoms with Gasteiger partial charge in [0.1, 0.15) is 0 Å². The molecule has 2 aliphatic rings. The highest BCUT2D eigenvalue weighted by Crippen LogP contribution is 2.24. The molecular formula is C22H31N3O7S. The van der Waals surface area contributed by atoms with Crippen LogP contribution >= 0.6 is 0 Å². The molecule has 10 nitrogen and oxygen atoms in total. The van der Waals surface area contributed by atoms with Gasteiger partial charge < -0.3 is 20.1 Å². The predicted molar refractivity (Wildman–Crippen MR) is 119 cm³/mol. The number of urea groups is 1. The van der Waals surface area contributed by atoms with Crippen LogP contribution < -0.4 is 10.6 Å². The molecule has 0 bridgehead atoms. The molecule has 11 heteroatoms. The molecule has 2 amide bonds. The van der Waals surface area contributed by atoms with Crippen LogP contribution in [0, 0.1) is 0 Å². The standard InChI is InChI=1S/C22H31N3O7S/c1-31-20(26)15-12-16(21(27)32-2)14-19(13-15)33(29,30)25-10-8-18(9-11-25)24-22(28)23-17-6-4-3-5-7-17/h12-14,17-18H,3-11H2,1-2H3,(H2,23,24,28). The normalized spacial score (nSPS) is 18.4. The van der Waals surface area contributed by atoms with Gasteiger partial charge in [-0.25, -0.2) is 22.8 Å². The minimum atomic E-state index is -3.98. The van der Waals surface area contributed by atoms with E-state index in [1.54, 1.807) is 0 Å². The van der Waals surface area contributed by atoms with Gasteiger partial charge in [0.2, 0.25) is 10.0 Å². The van der Waals surface area contributed by atoms with Crippen molar-refractivity contribution >= 4 is 28.0 Å². The molecule has 2 N–H and O–H groups in total. The Hall–Kier alpha value is -2.66. The maximum Gasteiger partial charge on any atom is 0.337 e. The number of piperidine rings is 1. The van der Waals surface area contributed by atoms with Crippen LogP contribution in [0.4, 0.5) is 4.79 Å². The first-order valence-corrected chi connectivity index (χ1v) is 12.6. The number of sulfonamides is 1. The Kier molecular flexibility index (Phi) is 8.30. The SMILES string of the molecule is COC(=O)c1cc(C(=O)OC)cc(S(=O)(=O)N2CCC(NC(=O)NC3CCCCC3)CC2)c1. The van der Waals surface area contributed by atoms with Crippen LogP contribution in [0.3, 0.4) is 0 Å². The first-order valence-electron chi connectivity index (χ1n) is 11.1. The minimum Gasteiger partial charge on any atom is -0.465 e. The van der Waals surface area contributed by atoms with E-state index in [1.807, 2.05) is 0 Å². The van der Waals surface area contributed by atoms with Crippen molar-refractivity contribution in [3.05, 3.63) is 29.3 Å². The molecule has 1 aromatic rings. The Morgan fingerprint density at radius 2 is 1.30 bits per heavy atom. The summed E-state index contributed by atoms with van der Waals surface area (Å²) in [5.74, 6) is -1.52. The molecule has 1 heterocycles. The number of amides is 2. The molecular weight excluding hydrogens is 450 g/mol. The molecule has 1 aliphatic heterocycles. The lowest BCUT2D eigenvalue weighted by atomic mass is 9.96. The Morgan fingerprint density at radius 3 is 1.79 bits per heavy atom. The maximum atomic E-state index is 13.2. The number of nitrogens with one attached hydrogen (secondary N) is 2. The van der Waals surface area contributed by atoms with Crippen molar-refractivity contribution < 1.29 is 32.3 Å². The van der Waals surface area contributed by atoms with Gasteiger partial charge in [0.25, 0.3) is 0 Å². The zero-order chi connectivity index (χ0) is 24.0. The molecule has 0 unspecified atom stereocenters. The lowest BCUT2D eigenvalue weighted by molar-refractivity contribution is 0.0598. The molecule has 33 heavy (non-hydrogen) atoms. The van der Waals surface area contributed by atoms with E-state index >= 15 is 0 Å². The van der Waals surface area contributed by atoms with Crippen LogP contribution in [0.2, 0.25) is 0 Å². The van der Waals surface area contributed by atoms with Crippen LogP contribution in [0.1, 0.15) is 65.7 Å².